The molecule has 0 radical (unpaired) electrons. The highest BCUT2D eigenvalue weighted by Crippen LogP contribution is 2.44. The fraction of sp³-hybridized carbons (Fsp3) is 0.800. The number of nitrogens with zero attached hydrogens (tertiary/aromatic N) is 2. The SMILES string of the molecule is C=CCOC[C@@H](COP(=O)(O)OCCCCCC[N+](C)(C)C)OC(C)=O.C=CCOC[C@@H](COP(=O)(O)OCC[N+](C)(C)C)OC(C)=O. The molecule has 0 aromatic rings. The molecule has 0 amide bonds. The highest BCUT2D eigenvalue weighted by Gasteiger charge is 2.26. The number of carbonyl (C=O) groups is 2. The van der Waals surface area contributed by atoms with Gasteiger partial charge in [0.15, 0.2) is 0 Å². The Kier molecular flexibility index (Phi) is 26.6. The number of hydrogen-bond acceptors (Lipinski definition) is 12. The van der Waals surface area contributed by atoms with Crippen LogP contribution in [0, 0.1) is 0 Å². The minimum atomic E-state index is -4.19. The molecule has 0 aliphatic carbocycles. The Morgan fingerprint density at radius 2 is 1.02 bits per heavy atom. The van der Waals surface area contributed by atoms with Crippen molar-refractivity contribution in [1.82, 2.24) is 0 Å². The van der Waals surface area contributed by atoms with E-state index in [4.69, 9.17) is 37.0 Å². The van der Waals surface area contributed by atoms with Gasteiger partial charge in [0.2, 0.25) is 0 Å². The Morgan fingerprint density at radius 3 is 1.40 bits per heavy atom. The normalized spacial score (nSPS) is 15.5. The average Bonchev–Trinajstić information content (AvgIpc) is 2.92. The maximum absolute atomic E-state index is 11.9. The Morgan fingerprint density at radius 1 is 0.625 bits per heavy atom. The first kappa shape index (κ1) is 48.6. The second-order valence-corrected chi connectivity index (χ2v) is 15.7. The molecule has 0 heterocycles. The largest absolute Gasteiger partial charge is 0.472 e. The number of phosphoric acid groups is 2. The van der Waals surface area contributed by atoms with E-state index >= 15 is 0 Å². The maximum Gasteiger partial charge on any atom is 0.472 e. The van der Waals surface area contributed by atoms with E-state index in [0.29, 0.717) is 17.4 Å². The summed E-state index contributed by atoms with van der Waals surface area (Å²) in [6, 6.07) is 0. The summed E-state index contributed by atoms with van der Waals surface area (Å²) in [5.41, 5.74) is 0. The highest BCUT2D eigenvalue weighted by molar-refractivity contribution is 7.47. The van der Waals surface area contributed by atoms with Crippen LogP contribution in [0.15, 0.2) is 25.3 Å². The molecule has 0 aromatic carbocycles. The van der Waals surface area contributed by atoms with Crippen molar-refractivity contribution in [2.24, 2.45) is 0 Å². The maximum atomic E-state index is 11.9. The highest BCUT2D eigenvalue weighted by atomic mass is 31.2. The molecule has 0 bridgehead atoms. The number of quaternary nitrogens is 2. The fourth-order valence-electron chi connectivity index (χ4n) is 3.35. The first-order valence-corrected chi connectivity index (χ1v) is 18.7. The van der Waals surface area contributed by atoms with Crippen LogP contribution in [0.25, 0.3) is 0 Å². The standard InChI is InChI=1S/C17H34NO7P.C13H26NO7P/c1-6-12-22-14-17(25-16(2)19)15-24-26(20,21)23-13-10-8-7-9-11-18(3,4)5;1-6-8-18-10-13(21-12(2)15)11-20-22(16,17)19-9-7-14(3,4)5/h6,17H,1,7-15H2,2-5H3;6,13H,1,7-11H2,2-5H3/p+2/t17-;13-/m00/s1. The zero-order valence-electron chi connectivity index (χ0n) is 30.2. The third kappa shape index (κ3) is 35.8. The molecule has 0 aliphatic heterocycles. The Bertz CT molecular complexity index is 1000. The van der Waals surface area contributed by atoms with E-state index in [1.807, 2.05) is 21.1 Å². The molecule has 18 heteroatoms. The topological polar surface area (TPSA) is 183 Å². The molecule has 0 saturated carbocycles. The Balaban J connectivity index is 0. The van der Waals surface area contributed by atoms with Gasteiger partial charge in [-0.3, -0.25) is 27.7 Å². The van der Waals surface area contributed by atoms with E-state index in [1.54, 1.807) is 6.08 Å². The molecule has 48 heavy (non-hydrogen) atoms. The predicted molar refractivity (Wildman–Crippen MR) is 181 cm³/mol. The summed E-state index contributed by atoms with van der Waals surface area (Å²) < 4.78 is 64.9. The molecular formula is C30H62N2O14P2+2. The van der Waals surface area contributed by atoms with Crippen molar-refractivity contribution in [2.45, 2.75) is 51.7 Å². The lowest BCUT2D eigenvalue weighted by molar-refractivity contribution is -0.870. The van der Waals surface area contributed by atoms with Gasteiger partial charge in [-0.15, -0.1) is 13.2 Å². The van der Waals surface area contributed by atoms with Gasteiger partial charge in [0.05, 0.1) is 95.1 Å². The van der Waals surface area contributed by atoms with Crippen molar-refractivity contribution >= 4 is 27.6 Å². The predicted octanol–water partition coefficient (Wildman–Crippen LogP) is 3.48. The quantitative estimate of drug-likeness (QED) is 0.0392. The molecule has 16 nitrogen and oxygen atoms in total. The molecule has 0 spiro atoms. The molecule has 284 valence electrons. The molecule has 0 saturated heterocycles. The number of rotatable bonds is 28. The number of ether oxygens (including phenoxy) is 4. The second-order valence-electron chi connectivity index (χ2n) is 12.8. The van der Waals surface area contributed by atoms with Crippen LogP contribution in [0.5, 0.6) is 0 Å². The van der Waals surface area contributed by atoms with Crippen LogP contribution in [-0.2, 0) is 55.8 Å². The smallest absolute Gasteiger partial charge is 0.458 e. The van der Waals surface area contributed by atoms with E-state index in [-0.39, 0.29) is 52.9 Å². The summed E-state index contributed by atoms with van der Waals surface area (Å²) in [6.45, 7) is 11.4. The lowest BCUT2D eigenvalue weighted by Crippen LogP contribution is -2.37. The lowest BCUT2D eigenvalue weighted by Gasteiger charge is -2.24. The minimum absolute atomic E-state index is 0.0322. The van der Waals surface area contributed by atoms with Crippen LogP contribution in [-0.4, -0.2) is 151 Å². The lowest BCUT2D eigenvalue weighted by atomic mass is 10.2. The molecule has 0 aromatic heterocycles. The van der Waals surface area contributed by atoms with E-state index in [1.165, 1.54) is 19.9 Å². The van der Waals surface area contributed by atoms with Crippen LogP contribution in [0.2, 0.25) is 0 Å². The molecule has 2 N–H and O–H groups in total. The number of unbranched alkanes of at least 4 members (excludes halogenated alkanes) is 3. The van der Waals surface area contributed by atoms with Gasteiger partial charge >= 0.3 is 27.6 Å². The van der Waals surface area contributed by atoms with Gasteiger partial charge in [-0.05, 0) is 19.3 Å². The summed E-state index contributed by atoms with van der Waals surface area (Å²) in [5, 5.41) is 0. The third-order valence-electron chi connectivity index (χ3n) is 5.59. The average molecular weight is 737 g/mol. The summed E-state index contributed by atoms with van der Waals surface area (Å²) in [5.74, 6) is -1.06. The Labute approximate surface area is 287 Å². The van der Waals surface area contributed by atoms with Crippen molar-refractivity contribution < 1.29 is 74.5 Å². The van der Waals surface area contributed by atoms with Gasteiger partial charge in [0, 0.05) is 13.8 Å². The first-order valence-electron chi connectivity index (χ1n) is 15.7. The fourth-order valence-corrected chi connectivity index (χ4v) is 4.88. The summed E-state index contributed by atoms with van der Waals surface area (Å²) in [4.78, 5) is 41.3. The van der Waals surface area contributed by atoms with Crippen LogP contribution in [0.3, 0.4) is 0 Å². The molecular weight excluding hydrogens is 674 g/mol. The monoisotopic (exact) mass is 736 g/mol. The van der Waals surface area contributed by atoms with E-state index < -0.39 is 39.8 Å². The Hall–Kier alpha value is -1.52. The van der Waals surface area contributed by atoms with Gasteiger partial charge in [0.1, 0.15) is 25.4 Å². The third-order valence-corrected chi connectivity index (χ3v) is 7.55. The van der Waals surface area contributed by atoms with E-state index in [9.17, 15) is 28.5 Å². The number of carbonyl (C=O) groups excluding carboxylic acids is 2. The first-order chi connectivity index (χ1) is 22.1. The van der Waals surface area contributed by atoms with Crippen LogP contribution < -0.4 is 0 Å². The van der Waals surface area contributed by atoms with Crippen molar-refractivity contribution in [1.29, 1.82) is 0 Å². The van der Waals surface area contributed by atoms with Gasteiger partial charge in [-0.25, -0.2) is 9.13 Å². The molecule has 4 atom stereocenters. The number of esters is 2. The molecule has 0 rings (SSSR count). The zero-order valence-corrected chi connectivity index (χ0v) is 32.0. The second kappa shape index (κ2) is 26.3. The van der Waals surface area contributed by atoms with Crippen molar-refractivity contribution in [3.05, 3.63) is 25.3 Å². The van der Waals surface area contributed by atoms with Gasteiger partial charge in [0.25, 0.3) is 0 Å². The molecule has 2 unspecified atom stereocenters. The van der Waals surface area contributed by atoms with Crippen LogP contribution in [0.4, 0.5) is 0 Å². The number of hydrogen-bond donors (Lipinski definition) is 2. The summed E-state index contributed by atoms with van der Waals surface area (Å²) in [7, 11) is 3.86. The van der Waals surface area contributed by atoms with Gasteiger partial charge in [-0.1, -0.05) is 18.6 Å². The van der Waals surface area contributed by atoms with Gasteiger partial charge < -0.3 is 37.7 Å². The zero-order chi connectivity index (χ0) is 37.3. The van der Waals surface area contributed by atoms with Crippen LogP contribution in [0.1, 0.15) is 39.5 Å². The van der Waals surface area contributed by atoms with Crippen LogP contribution >= 0.6 is 15.6 Å². The number of phosphoric ester groups is 2. The molecule has 0 aliphatic rings. The van der Waals surface area contributed by atoms with Crippen molar-refractivity contribution in [2.75, 3.05) is 108 Å². The van der Waals surface area contributed by atoms with Crippen molar-refractivity contribution in [3.8, 4) is 0 Å². The van der Waals surface area contributed by atoms with E-state index in [2.05, 4.69) is 34.3 Å². The number of likely N-dealkylation sites (N-methyl/N-ethyl adjacent to an activating group) is 1. The van der Waals surface area contributed by atoms with Crippen molar-refractivity contribution in [3.63, 3.8) is 0 Å². The van der Waals surface area contributed by atoms with E-state index in [0.717, 1.165) is 30.3 Å². The minimum Gasteiger partial charge on any atom is -0.458 e. The molecule has 0 fully saturated rings. The summed E-state index contributed by atoms with van der Waals surface area (Å²) in [6.07, 6.45) is 5.26. The van der Waals surface area contributed by atoms with Gasteiger partial charge in [-0.2, -0.15) is 0 Å². The summed E-state index contributed by atoms with van der Waals surface area (Å²) >= 11 is 0.